The lowest BCUT2D eigenvalue weighted by molar-refractivity contribution is 0.601. The molecule has 0 aliphatic rings. The number of nitrogens with zero attached hydrogens (tertiary/aromatic N) is 1. The van der Waals surface area contributed by atoms with E-state index in [-0.39, 0.29) is 5.43 Å². The molecule has 0 spiro atoms. The molecule has 3 rings (SSSR count). The SMILES string of the molecule is Cc1ccc(N=Cc2coc3ccc(C)cc3c2=O)cc1. The van der Waals surface area contributed by atoms with E-state index in [4.69, 9.17) is 4.42 Å². The standard InChI is InChI=1S/C18H15NO2/c1-12-3-6-15(7-4-12)19-10-14-11-21-17-8-5-13(2)9-16(17)18(14)20/h3-11H,1-2H3. The molecule has 0 radical (unpaired) electrons. The molecule has 0 unspecified atom stereocenters. The van der Waals surface area contributed by atoms with Gasteiger partial charge in [0.15, 0.2) is 0 Å². The number of aryl methyl sites for hydroxylation is 2. The maximum absolute atomic E-state index is 12.4. The monoisotopic (exact) mass is 277 g/mol. The van der Waals surface area contributed by atoms with Crippen molar-refractivity contribution in [3.05, 3.63) is 75.6 Å². The highest BCUT2D eigenvalue weighted by atomic mass is 16.3. The van der Waals surface area contributed by atoms with Gasteiger partial charge in [0.25, 0.3) is 0 Å². The van der Waals surface area contributed by atoms with E-state index in [1.165, 1.54) is 11.8 Å². The van der Waals surface area contributed by atoms with E-state index < -0.39 is 0 Å². The Hall–Kier alpha value is -2.68. The molecule has 0 bridgehead atoms. The smallest absolute Gasteiger partial charge is 0.201 e. The molecule has 0 saturated carbocycles. The normalized spacial score (nSPS) is 11.3. The Labute approximate surface area is 122 Å². The fourth-order valence-corrected chi connectivity index (χ4v) is 2.12. The average molecular weight is 277 g/mol. The fourth-order valence-electron chi connectivity index (χ4n) is 2.12. The lowest BCUT2D eigenvalue weighted by Crippen LogP contribution is -2.07. The Balaban J connectivity index is 2.03. The third kappa shape index (κ3) is 2.77. The molecule has 104 valence electrons. The molecule has 0 N–H and O–H groups in total. The minimum absolute atomic E-state index is 0.0594. The summed E-state index contributed by atoms with van der Waals surface area (Å²) >= 11 is 0. The largest absolute Gasteiger partial charge is 0.463 e. The van der Waals surface area contributed by atoms with E-state index in [0.29, 0.717) is 16.5 Å². The molecule has 0 saturated heterocycles. The van der Waals surface area contributed by atoms with Crippen LogP contribution < -0.4 is 5.43 Å². The first-order chi connectivity index (χ1) is 10.1. The van der Waals surface area contributed by atoms with Crippen LogP contribution in [-0.4, -0.2) is 6.21 Å². The van der Waals surface area contributed by atoms with Crippen LogP contribution in [0.5, 0.6) is 0 Å². The predicted octanol–water partition coefficient (Wildman–Crippen LogP) is 4.16. The van der Waals surface area contributed by atoms with Gasteiger partial charge in [-0.15, -0.1) is 0 Å². The minimum atomic E-state index is -0.0594. The van der Waals surface area contributed by atoms with Crippen LogP contribution >= 0.6 is 0 Å². The number of rotatable bonds is 2. The highest BCUT2D eigenvalue weighted by Crippen LogP contribution is 2.14. The summed E-state index contributed by atoms with van der Waals surface area (Å²) in [5.41, 5.74) is 4.00. The molecule has 0 fully saturated rings. The van der Waals surface area contributed by atoms with Gasteiger partial charge in [-0.05, 0) is 38.1 Å². The molecule has 3 aromatic rings. The van der Waals surface area contributed by atoms with E-state index in [9.17, 15) is 4.79 Å². The van der Waals surface area contributed by atoms with Crippen molar-refractivity contribution < 1.29 is 4.42 Å². The average Bonchev–Trinajstić information content (AvgIpc) is 2.49. The van der Waals surface area contributed by atoms with Crippen molar-refractivity contribution in [2.24, 2.45) is 4.99 Å². The molecular formula is C18H15NO2. The van der Waals surface area contributed by atoms with E-state index in [0.717, 1.165) is 11.3 Å². The second-order valence-corrected chi connectivity index (χ2v) is 5.11. The van der Waals surface area contributed by atoms with Gasteiger partial charge in [0, 0.05) is 6.21 Å². The van der Waals surface area contributed by atoms with Crippen LogP contribution in [0.1, 0.15) is 16.7 Å². The van der Waals surface area contributed by atoms with Crippen molar-refractivity contribution in [2.75, 3.05) is 0 Å². The summed E-state index contributed by atoms with van der Waals surface area (Å²) in [6, 6.07) is 13.4. The Bertz CT molecular complexity index is 874. The molecule has 0 aliphatic carbocycles. The van der Waals surface area contributed by atoms with E-state index in [1.54, 1.807) is 6.21 Å². The Morgan fingerprint density at radius 3 is 2.48 bits per heavy atom. The Morgan fingerprint density at radius 2 is 1.71 bits per heavy atom. The molecule has 3 heteroatoms. The highest BCUT2D eigenvalue weighted by Gasteiger charge is 2.05. The number of benzene rings is 2. The number of aliphatic imine (C=N–C) groups is 1. The second-order valence-electron chi connectivity index (χ2n) is 5.11. The van der Waals surface area contributed by atoms with Crippen molar-refractivity contribution in [3.63, 3.8) is 0 Å². The van der Waals surface area contributed by atoms with Crippen LogP contribution in [0.3, 0.4) is 0 Å². The molecule has 1 heterocycles. The Morgan fingerprint density at radius 1 is 1.00 bits per heavy atom. The van der Waals surface area contributed by atoms with Crippen molar-refractivity contribution in [3.8, 4) is 0 Å². The fraction of sp³-hybridized carbons (Fsp3) is 0.111. The zero-order valence-corrected chi connectivity index (χ0v) is 12.0. The van der Waals surface area contributed by atoms with E-state index in [2.05, 4.69) is 4.99 Å². The molecule has 1 aromatic heterocycles. The van der Waals surface area contributed by atoms with E-state index >= 15 is 0 Å². The summed E-state index contributed by atoms with van der Waals surface area (Å²) in [6.07, 6.45) is 3.01. The first kappa shape index (κ1) is 13.3. The van der Waals surface area contributed by atoms with Crippen molar-refractivity contribution in [1.29, 1.82) is 0 Å². The van der Waals surface area contributed by atoms with Gasteiger partial charge in [-0.3, -0.25) is 9.79 Å². The molecule has 0 amide bonds. The molecule has 0 atom stereocenters. The maximum atomic E-state index is 12.4. The van der Waals surface area contributed by atoms with Crippen LogP contribution in [0, 0.1) is 13.8 Å². The summed E-state index contributed by atoms with van der Waals surface area (Å²) in [5, 5.41) is 0.586. The number of fused-ring (bicyclic) bond motifs is 1. The summed E-state index contributed by atoms with van der Waals surface area (Å²) in [7, 11) is 0. The van der Waals surface area contributed by atoms with Gasteiger partial charge in [-0.25, -0.2) is 0 Å². The van der Waals surface area contributed by atoms with Crippen molar-refractivity contribution >= 4 is 22.9 Å². The van der Waals surface area contributed by atoms with Gasteiger partial charge in [-0.1, -0.05) is 29.3 Å². The first-order valence-corrected chi connectivity index (χ1v) is 6.76. The van der Waals surface area contributed by atoms with Crippen LogP contribution in [0.2, 0.25) is 0 Å². The summed E-state index contributed by atoms with van der Waals surface area (Å²) in [5.74, 6) is 0. The lowest BCUT2D eigenvalue weighted by atomic mass is 10.1. The van der Waals surface area contributed by atoms with E-state index in [1.807, 2.05) is 56.3 Å². The van der Waals surface area contributed by atoms with Crippen LogP contribution in [0.15, 0.2) is 62.9 Å². The molecule has 2 aromatic carbocycles. The van der Waals surface area contributed by atoms with Gasteiger partial charge in [0.1, 0.15) is 11.8 Å². The van der Waals surface area contributed by atoms with Crippen LogP contribution in [0.25, 0.3) is 11.0 Å². The lowest BCUT2D eigenvalue weighted by Gasteiger charge is -2.00. The zero-order valence-electron chi connectivity index (χ0n) is 12.0. The van der Waals surface area contributed by atoms with Gasteiger partial charge in [0.05, 0.1) is 16.6 Å². The topological polar surface area (TPSA) is 42.6 Å². The minimum Gasteiger partial charge on any atom is -0.463 e. The van der Waals surface area contributed by atoms with Gasteiger partial charge in [-0.2, -0.15) is 0 Å². The van der Waals surface area contributed by atoms with Gasteiger partial charge < -0.3 is 4.42 Å². The zero-order chi connectivity index (χ0) is 14.8. The molecular weight excluding hydrogens is 262 g/mol. The summed E-state index contributed by atoms with van der Waals surface area (Å²) in [4.78, 5) is 16.7. The molecule has 0 aliphatic heterocycles. The van der Waals surface area contributed by atoms with Gasteiger partial charge >= 0.3 is 0 Å². The molecule has 21 heavy (non-hydrogen) atoms. The third-order valence-electron chi connectivity index (χ3n) is 3.34. The quantitative estimate of drug-likeness (QED) is 0.660. The summed E-state index contributed by atoms with van der Waals surface area (Å²) in [6.45, 7) is 3.97. The van der Waals surface area contributed by atoms with Crippen LogP contribution in [0.4, 0.5) is 5.69 Å². The second kappa shape index (κ2) is 5.37. The van der Waals surface area contributed by atoms with Gasteiger partial charge in [0.2, 0.25) is 5.43 Å². The highest BCUT2D eigenvalue weighted by molar-refractivity contribution is 5.87. The third-order valence-corrected chi connectivity index (χ3v) is 3.34. The maximum Gasteiger partial charge on any atom is 0.201 e. The number of hydrogen-bond donors (Lipinski definition) is 0. The molecule has 3 nitrogen and oxygen atoms in total. The van der Waals surface area contributed by atoms with Crippen molar-refractivity contribution in [2.45, 2.75) is 13.8 Å². The number of hydrogen-bond acceptors (Lipinski definition) is 3. The Kier molecular flexibility index (Phi) is 3.40. The first-order valence-electron chi connectivity index (χ1n) is 6.76. The van der Waals surface area contributed by atoms with Crippen molar-refractivity contribution in [1.82, 2.24) is 0 Å². The predicted molar refractivity (Wildman–Crippen MR) is 85.7 cm³/mol. The summed E-state index contributed by atoms with van der Waals surface area (Å²) < 4.78 is 5.49. The van der Waals surface area contributed by atoms with Crippen LogP contribution in [-0.2, 0) is 0 Å².